The van der Waals surface area contributed by atoms with E-state index in [1.165, 1.54) is 11.1 Å². The molecular weight excluding hydrogens is 368 g/mol. The summed E-state index contributed by atoms with van der Waals surface area (Å²) < 4.78 is 0. The lowest BCUT2D eigenvalue weighted by molar-refractivity contribution is 0.0827. The molecule has 3 aromatic rings. The second kappa shape index (κ2) is 8.63. The summed E-state index contributed by atoms with van der Waals surface area (Å²) in [6.07, 6.45) is 1.51. The first-order valence-electron chi connectivity index (χ1n) is 8.70. The highest BCUT2D eigenvalue weighted by atomic mass is 16.2. The first kappa shape index (κ1) is 19.5. The van der Waals surface area contributed by atoms with Gasteiger partial charge in [-0.3, -0.25) is 14.6 Å². The number of benzene rings is 2. The summed E-state index contributed by atoms with van der Waals surface area (Å²) in [7, 11) is 3.36. The number of nitrogens with zero attached hydrogens (tertiary/aromatic N) is 4. The van der Waals surface area contributed by atoms with E-state index in [4.69, 9.17) is 0 Å². The average molecular weight is 386 g/mol. The molecule has 3 rings (SSSR count). The van der Waals surface area contributed by atoms with Crippen LogP contribution in [0.5, 0.6) is 0 Å². The molecule has 8 nitrogen and oxygen atoms in total. The summed E-state index contributed by atoms with van der Waals surface area (Å²) in [6.45, 7) is 0. The third-order valence-electron chi connectivity index (χ3n) is 4.00. The number of hydrogen-bond acceptors (Lipinski definition) is 6. The number of H-pyrrole nitrogens is 1. The second-order valence-corrected chi connectivity index (χ2v) is 6.31. The normalized spacial score (nSPS) is 10.5. The molecule has 0 saturated carbocycles. The van der Waals surface area contributed by atoms with E-state index >= 15 is 0 Å². The molecule has 1 amide bonds. The minimum Gasteiger partial charge on any atom is -0.345 e. The maximum atomic E-state index is 12.2. The van der Waals surface area contributed by atoms with E-state index in [1.54, 1.807) is 62.6 Å². The Morgan fingerprint density at radius 2 is 1.97 bits per heavy atom. The van der Waals surface area contributed by atoms with Crippen LogP contribution in [0.4, 0.5) is 5.95 Å². The fraction of sp³-hybridized carbons (Fsp3) is 0.0952. The zero-order chi connectivity index (χ0) is 20.8. The van der Waals surface area contributed by atoms with Crippen LogP contribution in [0.1, 0.15) is 21.5 Å². The Bertz CT molecular complexity index is 1160. The minimum absolute atomic E-state index is 0.0689. The van der Waals surface area contributed by atoms with Crippen LogP contribution in [0.25, 0.3) is 11.3 Å². The van der Waals surface area contributed by atoms with Crippen molar-refractivity contribution in [2.24, 2.45) is 5.10 Å². The second-order valence-electron chi connectivity index (χ2n) is 6.31. The minimum atomic E-state index is -0.558. The summed E-state index contributed by atoms with van der Waals surface area (Å²) >= 11 is 0. The molecule has 144 valence electrons. The van der Waals surface area contributed by atoms with Crippen LogP contribution in [0.15, 0.2) is 64.5 Å². The van der Waals surface area contributed by atoms with E-state index in [-0.39, 0.29) is 23.1 Å². The number of carbonyl (C=O) groups excluding carboxylic acids is 1. The van der Waals surface area contributed by atoms with E-state index in [1.807, 2.05) is 12.1 Å². The number of nitrogens with one attached hydrogen (secondary N) is 2. The molecule has 29 heavy (non-hydrogen) atoms. The highest BCUT2D eigenvalue weighted by Gasteiger charge is 2.13. The number of aromatic amines is 1. The van der Waals surface area contributed by atoms with Gasteiger partial charge in [0.1, 0.15) is 11.6 Å². The highest BCUT2D eigenvalue weighted by molar-refractivity contribution is 5.95. The molecule has 2 N–H and O–H groups in total. The van der Waals surface area contributed by atoms with Gasteiger partial charge < -0.3 is 4.90 Å². The number of aromatic nitrogens is 2. The molecule has 1 heterocycles. The molecule has 0 radical (unpaired) electrons. The molecule has 0 bridgehead atoms. The topological polar surface area (TPSA) is 114 Å². The molecule has 2 aromatic carbocycles. The predicted octanol–water partition coefficient (Wildman–Crippen LogP) is 2.46. The lowest BCUT2D eigenvalue weighted by Crippen LogP contribution is -2.21. The Morgan fingerprint density at radius 3 is 2.66 bits per heavy atom. The Kier molecular flexibility index (Phi) is 5.80. The molecule has 0 saturated heterocycles. The molecule has 1 aromatic heterocycles. The number of carbonyl (C=O) groups is 1. The van der Waals surface area contributed by atoms with Gasteiger partial charge in [-0.25, -0.2) is 10.4 Å². The van der Waals surface area contributed by atoms with E-state index in [0.29, 0.717) is 16.7 Å². The fourth-order valence-corrected chi connectivity index (χ4v) is 2.61. The summed E-state index contributed by atoms with van der Waals surface area (Å²) in [6, 6.07) is 17.8. The Hall–Kier alpha value is -4.25. The van der Waals surface area contributed by atoms with Gasteiger partial charge >= 0.3 is 0 Å². The maximum absolute atomic E-state index is 12.2. The quantitative estimate of drug-likeness (QED) is 0.516. The molecule has 0 aliphatic rings. The molecule has 0 spiro atoms. The number of amides is 1. The van der Waals surface area contributed by atoms with Crippen LogP contribution in [0, 0.1) is 11.3 Å². The zero-order valence-corrected chi connectivity index (χ0v) is 15.9. The largest absolute Gasteiger partial charge is 0.345 e. The third-order valence-corrected chi connectivity index (χ3v) is 4.00. The van der Waals surface area contributed by atoms with Crippen LogP contribution in [0.3, 0.4) is 0 Å². The van der Waals surface area contributed by atoms with Crippen LogP contribution < -0.4 is 11.0 Å². The van der Waals surface area contributed by atoms with Gasteiger partial charge in [-0.1, -0.05) is 42.5 Å². The maximum Gasteiger partial charge on any atom is 0.270 e. The summed E-state index contributed by atoms with van der Waals surface area (Å²) in [5.41, 5.74) is 4.20. The van der Waals surface area contributed by atoms with E-state index in [2.05, 4.69) is 20.5 Å². The van der Waals surface area contributed by atoms with Crippen LogP contribution in [-0.2, 0) is 0 Å². The number of nitriles is 1. The van der Waals surface area contributed by atoms with Gasteiger partial charge in [-0.05, 0) is 17.7 Å². The molecular formula is C21H18N6O2. The average Bonchev–Trinajstić information content (AvgIpc) is 2.73. The molecule has 0 fully saturated rings. The van der Waals surface area contributed by atoms with Gasteiger partial charge in [0.05, 0.1) is 11.9 Å². The monoisotopic (exact) mass is 386 g/mol. The summed E-state index contributed by atoms with van der Waals surface area (Å²) in [5, 5.41) is 13.4. The molecule has 8 heteroatoms. The number of hydrazone groups is 1. The lowest BCUT2D eigenvalue weighted by Gasteiger charge is -2.10. The van der Waals surface area contributed by atoms with Gasteiger partial charge in [0.25, 0.3) is 11.5 Å². The SMILES string of the molecule is CN(C)C(=O)c1cccc(C=NNc2nc(-c3ccccc3)c(C#N)c(=O)[nH]2)c1. The van der Waals surface area contributed by atoms with Gasteiger partial charge in [-0.15, -0.1) is 0 Å². The van der Waals surface area contributed by atoms with Gasteiger partial charge in [0.2, 0.25) is 5.95 Å². The first-order chi connectivity index (χ1) is 14.0. The van der Waals surface area contributed by atoms with Crippen LogP contribution in [-0.4, -0.2) is 41.1 Å². The summed E-state index contributed by atoms with van der Waals surface area (Å²) in [4.78, 5) is 32.6. The van der Waals surface area contributed by atoms with Crippen molar-refractivity contribution >= 4 is 18.1 Å². The van der Waals surface area contributed by atoms with Crippen molar-refractivity contribution in [3.63, 3.8) is 0 Å². The number of rotatable bonds is 5. The molecule has 0 unspecified atom stereocenters. The van der Waals surface area contributed by atoms with Crippen molar-refractivity contribution in [2.75, 3.05) is 19.5 Å². The number of anilines is 1. The van der Waals surface area contributed by atoms with E-state index in [0.717, 1.165) is 0 Å². The Labute approximate surface area is 167 Å². The Balaban J connectivity index is 1.86. The first-order valence-corrected chi connectivity index (χ1v) is 8.70. The van der Waals surface area contributed by atoms with Crippen molar-refractivity contribution in [2.45, 2.75) is 0 Å². The van der Waals surface area contributed by atoms with Crippen molar-refractivity contribution in [1.82, 2.24) is 14.9 Å². The van der Waals surface area contributed by atoms with Crippen molar-refractivity contribution in [1.29, 1.82) is 5.26 Å². The molecule has 0 aliphatic heterocycles. The Morgan fingerprint density at radius 1 is 1.21 bits per heavy atom. The molecule has 0 atom stereocenters. The van der Waals surface area contributed by atoms with Gasteiger partial charge in [-0.2, -0.15) is 10.4 Å². The summed E-state index contributed by atoms with van der Waals surface area (Å²) in [5.74, 6) is -0.0107. The highest BCUT2D eigenvalue weighted by Crippen LogP contribution is 2.19. The van der Waals surface area contributed by atoms with Crippen LogP contribution in [0.2, 0.25) is 0 Å². The van der Waals surface area contributed by atoms with E-state index < -0.39 is 5.56 Å². The van der Waals surface area contributed by atoms with Crippen LogP contribution >= 0.6 is 0 Å². The number of hydrogen-bond donors (Lipinski definition) is 2. The third kappa shape index (κ3) is 4.54. The van der Waals surface area contributed by atoms with E-state index in [9.17, 15) is 14.9 Å². The van der Waals surface area contributed by atoms with Crippen molar-refractivity contribution in [3.05, 3.63) is 81.6 Å². The van der Waals surface area contributed by atoms with Gasteiger partial charge in [0.15, 0.2) is 0 Å². The molecule has 0 aliphatic carbocycles. The smallest absolute Gasteiger partial charge is 0.270 e. The predicted molar refractivity (Wildman–Crippen MR) is 111 cm³/mol. The lowest BCUT2D eigenvalue weighted by atomic mass is 10.1. The van der Waals surface area contributed by atoms with Gasteiger partial charge in [0, 0.05) is 25.2 Å². The van der Waals surface area contributed by atoms with Crippen molar-refractivity contribution in [3.8, 4) is 17.3 Å². The zero-order valence-electron chi connectivity index (χ0n) is 15.9. The standard InChI is InChI=1S/C21H18N6O2/c1-27(2)20(29)16-10-6-7-14(11-16)13-23-26-21-24-18(15-8-4-3-5-9-15)17(12-22)19(28)25-21/h3-11,13H,1-2H3,(H2,24,25,26,28). The fourth-order valence-electron chi connectivity index (χ4n) is 2.61. The van der Waals surface area contributed by atoms with Crippen molar-refractivity contribution < 1.29 is 4.79 Å².